The number of hydrogen-bond acceptors (Lipinski definition) is 4. The van der Waals surface area contributed by atoms with E-state index in [-0.39, 0.29) is 10.8 Å². The van der Waals surface area contributed by atoms with E-state index in [1.807, 2.05) is 25.1 Å². The normalized spacial score (nSPS) is 15.1. The number of nitrogens with one attached hydrogen (secondary N) is 1. The number of methoxy groups -OCH3 is 1. The van der Waals surface area contributed by atoms with Gasteiger partial charge < -0.3 is 9.64 Å². The fourth-order valence-electron chi connectivity index (χ4n) is 3.85. The summed E-state index contributed by atoms with van der Waals surface area (Å²) in [6, 6.07) is 12.7. The number of amides is 1. The third-order valence-electron chi connectivity index (χ3n) is 5.80. The van der Waals surface area contributed by atoms with E-state index in [0.29, 0.717) is 43.3 Å². The Morgan fingerprint density at radius 1 is 1.16 bits per heavy atom. The molecule has 0 unspecified atom stereocenters. The van der Waals surface area contributed by atoms with Crippen LogP contribution in [-0.2, 0) is 16.4 Å². The number of carbonyl (C=O) groups is 1. The van der Waals surface area contributed by atoms with Crippen molar-refractivity contribution in [1.82, 2.24) is 9.62 Å². The van der Waals surface area contributed by atoms with Crippen LogP contribution in [0.15, 0.2) is 47.4 Å². The lowest BCUT2D eigenvalue weighted by atomic mass is 9.98. The van der Waals surface area contributed by atoms with Crippen molar-refractivity contribution >= 4 is 15.9 Å². The molecule has 0 atom stereocenters. The minimum absolute atomic E-state index is 0.0811. The Morgan fingerprint density at radius 3 is 2.58 bits per heavy atom. The monoisotopic (exact) mass is 444 g/mol. The summed E-state index contributed by atoms with van der Waals surface area (Å²) in [4.78, 5) is 14.9. The van der Waals surface area contributed by atoms with Crippen LogP contribution in [0.1, 0.15) is 47.7 Å². The van der Waals surface area contributed by atoms with Gasteiger partial charge in [0.2, 0.25) is 10.0 Å². The number of nitrogens with zero attached hydrogens (tertiary/aromatic N) is 1. The third-order valence-corrected chi connectivity index (χ3v) is 7.26. The highest BCUT2D eigenvalue weighted by molar-refractivity contribution is 7.89. The molecule has 1 aliphatic rings. The zero-order valence-corrected chi connectivity index (χ0v) is 19.4. The van der Waals surface area contributed by atoms with Crippen molar-refractivity contribution in [2.45, 2.75) is 44.4 Å². The number of hydrogen-bond donors (Lipinski definition) is 1. The summed E-state index contributed by atoms with van der Waals surface area (Å²) in [5.74, 6) is 0.809. The van der Waals surface area contributed by atoms with Crippen LogP contribution >= 0.6 is 0 Å². The largest absolute Gasteiger partial charge is 0.496 e. The van der Waals surface area contributed by atoms with E-state index in [4.69, 9.17) is 4.74 Å². The van der Waals surface area contributed by atoms with E-state index < -0.39 is 10.0 Å². The van der Waals surface area contributed by atoms with Gasteiger partial charge in [0, 0.05) is 19.6 Å². The third kappa shape index (κ3) is 6.08. The number of benzene rings is 2. The Kier molecular flexibility index (Phi) is 7.73. The topological polar surface area (TPSA) is 75.7 Å². The summed E-state index contributed by atoms with van der Waals surface area (Å²) < 4.78 is 33.6. The highest BCUT2D eigenvalue weighted by atomic mass is 32.2. The van der Waals surface area contributed by atoms with Gasteiger partial charge in [-0.05, 0) is 62.3 Å². The second kappa shape index (κ2) is 10.3. The lowest BCUT2D eigenvalue weighted by Gasteiger charge is -2.30. The molecule has 1 amide bonds. The number of piperidine rings is 1. The fourth-order valence-corrected chi connectivity index (χ4v) is 4.95. The van der Waals surface area contributed by atoms with Crippen LogP contribution in [0.2, 0.25) is 0 Å². The van der Waals surface area contributed by atoms with Gasteiger partial charge in [-0.3, -0.25) is 4.79 Å². The van der Waals surface area contributed by atoms with Crippen LogP contribution in [0.3, 0.4) is 0 Å². The molecular weight excluding hydrogens is 412 g/mol. The van der Waals surface area contributed by atoms with Gasteiger partial charge in [0.1, 0.15) is 5.75 Å². The van der Waals surface area contributed by atoms with Crippen molar-refractivity contribution in [2.75, 3.05) is 26.7 Å². The van der Waals surface area contributed by atoms with Crippen molar-refractivity contribution in [1.29, 1.82) is 0 Å². The molecule has 0 bridgehead atoms. The van der Waals surface area contributed by atoms with Gasteiger partial charge in [-0.15, -0.1) is 0 Å². The Morgan fingerprint density at radius 2 is 1.90 bits per heavy atom. The minimum Gasteiger partial charge on any atom is -0.496 e. The number of aryl methyl sites for hydroxylation is 2. The lowest BCUT2D eigenvalue weighted by molar-refractivity contribution is 0.0693. The lowest BCUT2D eigenvalue weighted by Crippen LogP contribution is -2.38. The first-order valence-corrected chi connectivity index (χ1v) is 12.3. The van der Waals surface area contributed by atoms with E-state index in [1.54, 1.807) is 11.0 Å². The smallest absolute Gasteiger partial charge is 0.257 e. The molecule has 0 aromatic heterocycles. The van der Waals surface area contributed by atoms with Gasteiger partial charge in [-0.25, -0.2) is 13.1 Å². The second-order valence-corrected chi connectivity index (χ2v) is 10.1. The standard InChI is InChI=1S/C24H32N2O4S/c1-18-11-14-26(15-12-18)24(27)22-17-21(9-10-23(22)30-3)31(28,29)25-13-5-8-20-7-4-6-19(2)16-20/h4,6-7,9-10,16-18,25H,5,8,11-15H2,1-3H3. The van der Waals surface area contributed by atoms with E-state index in [9.17, 15) is 13.2 Å². The van der Waals surface area contributed by atoms with Crippen LogP contribution in [0, 0.1) is 12.8 Å². The van der Waals surface area contributed by atoms with Crippen molar-refractivity contribution in [3.05, 3.63) is 59.2 Å². The predicted octanol–water partition coefficient (Wildman–Crippen LogP) is 3.79. The molecule has 3 rings (SSSR count). The maximum Gasteiger partial charge on any atom is 0.257 e. The number of sulfonamides is 1. The van der Waals surface area contributed by atoms with E-state index in [0.717, 1.165) is 19.3 Å². The quantitative estimate of drug-likeness (QED) is 0.629. The first-order chi connectivity index (χ1) is 14.8. The van der Waals surface area contributed by atoms with Crippen LogP contribution in [0.25, 0.3) is 0 Å². The molecule has 0 saturated carbocycles. The van der Waals surface area contributed by atoms with Crippen molar-refractivity contribution in [3.8, 4) is 5.75 Å². The molecule has 6 nitrogen and oxygen atoms in total. The predicted molar refractivity (Wildman–Crippen MR) is 122 cm³/mol. The summed E-state index contributed by atoms with van der Waals surface area (Å²) in [5.41, 5.74) is 2.67. The summed E-state index contributed by atoms with van der Waals surface area (Å²) in [5, 5.41) is 0. The van der Waals surface area contributed by atoms with E-state index in [2.05, 4.69) is 17.7 Å². The second-order valence-electron chi connectivity index (χ2n) is 8.33. The van der Waals surface area contributed by atoms with Gasteiger partial charge >= 0.3 is 0 Å². The van der Waals surface area contributed by atoms with E-state index in [1.165, 1.54) is 30.4 Å². The summed E-state index contributed by atoms with van der Waals surface area (Å²) in [7, 11) is -2.23. The minimum atomic E-state index is -3.72. The Labute approximate surface area is 185 Å². The number of likely N-dealkylation sites (tertiary alicyclic amines) is 1. The Balaban J connectivity index is 1.67. The Bertz CT molecular complexity index is 1010. The van der Waals surface area contributed by atoms with Gasteiger partial charge in [-0.2, -0.15) is 0 Å². The molecule has 1 aliphatic heterocycles. The molecule has 0 aliphatic carbocycles. The van der Waals surface area contributed by atoms with Gasteiger partial charge in [0.25, 0.3) is 5.91 Å². The molecule has 0 radical (unpaired) electrons. The molecule has 2 aromatic carbocycles. The van der Waals surface area contributed by atoms with Crippen molar-refractivity contribution in [3.63, 3.8) is 0 Å². The van der Waals surface area contributed by atoms with Crippen LogP contribution in [-0.4, -0.2) is 46.0 Å². The first kappa shape index (κ1) is 23.3. The van der Waals surface area contributed by atoms with E-state index >= 15 is 0 Å². The zero-order valence-electron chi connectivity index (χ0n) is 18.6. The number of rotatable bonds is 8. The van der Waals surface area contributed by atoms with Gasteiger partial charge in [0.15, 0.2) is 0 Å². The molecule has 1 heterocycles. The van der Waals surface area contributed by atoms with Gasteiger partial charge in [0.05, 0.1) is 17.6 Å². The van der Waals surface area contributed by atoms with Gasteiger partial charge in [-0.1, -0.05) is 36.8 Å². The molecule has 7 heteroatoms. The highest BCUT2D eigenvalue weighted by Gasteiger charge is 2.26. The zero-order chi connectivity index (χ0) is 22.4. The summed E-state index contributed by atoms with van der Waals surface area (Å²) in [6.07, 6.45) is 3.39. The average molecular weight is 445 g/mol. The Hall–Kier alpha value is -2.38. The molecule has 31 heavy (non-hydrogen) atoms. The number of carbonyl (C=O) groups excluding carboxylic acids is 1. The summed E-state index contributed by atoms with van der Waals surface area (Å²) in [6.45, 7) is 5.91. The van der Waals surface area contributed by atoms with Crippen LogP contribution in [0.4, 0.5) is 0 Å². The fraction of sp³-hybridized carbons (Fsp3) is 0.458. The molecule has 1 N–H and O–H groups in total. The molecule has 1 saturated heterocycles. The summed E-state index contributed by atoms with van der Waals surface area (Å²) >= 11 is 0. The molecular formula is C24H32N2O4S. The van der Waals surface area contributed by atoms with Crippen molar-refractivity contribution in [2.24, 2.45) is 5.92 Å². The molecule has 1 fully saturated rings. The maximum atomic E-state index is 13.0. The molecule has 0 spiro atoms. The maximum absolute atomic E-state index is 13.0. The highest BCUT2D eigenvalue weighted by Crippen LogP contribution is 2.26. The van der Waals surface area contributed by atoms with Crippen molar-refractivity contribution < 1.29 is 17.9 Å². The van der Waals surface area contributed by atoms with Crippen LogP contribution < -0.4 is 9.46 Å². The molecule has 2 aromatic rings. The number of ether oxygens (including phenoxy) is 1. The first-order valence-electron chi connectivity index (χ1n) is 10.8. The molecule has 168 valence electrons. The van der Waals surface area contributed by atoms with Crippen LogP contribution in [0.5, 0.6) is 5.75 Å². The SMILES string of the molecule is COc1ccc(S(=O)(=O)NCCCc2cccc(C)c2)cc1C(=O)N1CCC(C)CC1. The average Bonchev–Trinajstić information content (AvgIpc) is 2.76.